The molecular formula is C17H19NO. The molecule has 3 rings (SSSR count). The van der Waals surface area contributed by atoms with Crippen LogP contribution in [0.4, 0.5) is 0 Å². The third-order valence-corrected chi connectivity index (χ3v) is 3.69. The minimum Gasteiger partial charge on any atom is -0.351 e. The summed E-state index contributed by atoms with van der Waals surface area (Å²) >= 11 is 0. The van der Waals surface area contributed by atoms with Crippen LogP contribution in [0.15, 0.2) is 60.7 Å². The Kier molecular flexibility index (Phi) is 3.62. The average Bonchev–Trinajstić information content (AvgIpc) is 2.49. The molecule has 0 aromatic heterocycles. The Balaban J connectivity index is 1.82. The van der Waals surface area contributed by atoms with Gasteiger partial charge >= 0.3 is 0 Å². The van der Waals surface area contributed by atoms with Crippen molar-refractivity contribution in [2.75, 3.05) is 13.6 Å². The highest BCUT2D eigenvalue weighted by atomic mass is 16.5. The van der Waals surface area contributed by atoms with Crippen molar-refractivity contribution in [2.24, 2.45) is 0 Å². The summed E-state index contributed by atoms with van der Waals surface area (Å²) in [5, 5.41) is 0. The van der Waals surface area contributed by atoms with Gasteiger partial charge in [0.2, 0.25) is 0 Å². The van der Waals surface area contributed by atoms with E-state index in [1.807, 2.05) is 12.1 Å². The first kappa shape index (κ1) is 12.4. The fourth-order valence-corrected chi connectivity index (χ4v) is 2.63. The summed E-state index contributed by atoms with van der Waals surface area (Å²) in [6.45, 7) is 1.05. The Morgan fingerprint density at radius 2 is 1.47 bits per heavy atom. The zero-order valence-corrected chi connectivity index (χ0v) is 11.2. The van der Waals surface area contributed by atoms with E-state index in [4.69, 9.17) is 4.74 Å². The summed E-state index contributed by atoms with van der Waals surface area (Å²) in [6, 6.07) is 21.0. The molecule has 2 aromatic rings. The van der Waals surface area contributed by atoms with Crippen molar-refractivity contribution in [1.82, 2.24) is 4.90 Å². The van der Waals surface area contributed by atoms with Crippen LogP contribution in [0.3, 0.4) is 0 Å². The molecule has 2 heteroatoms. The molecule has 0 amide bonds. The number of rotatable bonds is 2. The first-order chi connectivity index (χ1) is 9.34. The summed E-state index contributed by atoms with van der Waals surface area (Å²) in [7, 11) is 2.12. The van der Waals surface area contributed by atoms with Crippen LogP contribution in [0, 0.1) is 0 Å². The van der Waals surface area contributed by atoms with E-state index >= 15 is 0 Å². The number of hydrogen-bond donors (Lipinski definition) is 0. The van der Waals surface area contributed by atoms with Gasteiger partial charge in [0.05, 0.1) is 6.10 Å². The summed E-state index contributed by atoms with van der Waals surface area (Å²) in [6.07, 6.45) is 1.30. The molecule has 0 radical (unpaired) electrons. The SMILES string of the molecule is CN1CC[C@@H](c2ccccc2)O[C@H]1c1ccccc1. The molecule has 0 spiro atoms. The molecule has 1 aliphatic heterocycles. The van der Waals surface area contributed by atoms with E-state index in [9.17, 15) is 0 Å². The Bertz CT molecular complexity index is 511. The molecule has 1 aliphatic rings. The molecule has 0 unspecified atom stereocenters. The third-order valence-electron chi connectivity index (χ3n) is 3.69. The van der Waals surface area contributed by atoms with E-state index in [1.165, 1.54) is 11.1 Å². The average molecular weight is 253 g/mol. The Labute approximate surface area is 114 Å². The zero-order chi connectivity index (χ0) is 13.1. The van der Waals surface area contributed by atoms with Gasteiger partial charge in [0.25, 0.3) is 0 Å². The van der Waals surface area contributed by atoms with Crippen LogP contribution in [0.5, 0.6) is 0 Å². The molecule has 1 saturated heterocycles. The number of nitrogens with zero attached hydrogens (tertiary/aromatic N) is 1. The summed E-state index contributed by atoms with van der Waals surface area (Å²) < 4.78 is 6.30. The highest BCUT2D eigenvalue weighted by molar-refractivity contribution is 5.21. The fraction of sp³-hybridized carbons (Fsp3) is 0.294. The first-order valence-corrected chi connectivity index (χ1v) is 6.80. The monoisotopic (exact) mass is 253 g/mol. The third kappa shape index (κ3) is 2.70. The molecule has 0 bridgehead atoms. The molecule has 2 atom stereocenters. The number of hydrogen-bond acceptors (Lipinski definition) is 2. The normalized spacial score (nSPS) is 24.3. The number of ether oxygens (including phenoxy) is 1. The van der Waals surface area contributed by atoms with Crippen molar-refractivity contribution in [3.05, 3.63) is 71.8 Å². The van der Waals surface area contributed by atoms with Gasteiger partial charge in [-0.05, 0) is 24.6 Å². The van der Waals surface area contributed by atoms with Crippen molar-refractivity contribution in [2.45, 2.75) is 18.8 Å². The lowest BCUT2D eigenvalue weighted by atomic mass is 10.0. The van der Waals surface area contributed by atoms with E-state index < -0.39 is 0 Å². The molecule has 0 N–H and O–H groups in total. The Morgan fingerprint density at radius 3 is 2.11 bits per heavy atom. The van der Waals surface area contributed by atoms with Gasteiger partial charge in [-0.3, -0.25) is 4.90 Å². The lowest BCUT2D eigenvalue weighted by Crippen LogP contribution is -2.35. The smallest absolute Gasteiger partial charge is 0.137 e. The predicted molar refractivity (Wildman–Crippen MR) is 76.7 cm³/mol. The van der Waals surface area contributed by atoms with Crippen molar-refractivity contribution in [1.29, 1.82) is 0 Å². The molecule has 1 fully saturated rings. The Hall–Kier alpha value is -1.64. The highest BCUT2D eigenvalue weighted by Crippen LogP contribution is 2.35. The molecule has 0 saturated carbocycles. The maximum atomic E-state index is 6.30. The van der Waals surface area contributed by atoms with E-state index in [-0.39, 0.29) is 12.3 Å². The van der Waals surface area contributed by atoms with Crippen LogP contribution in [-0.4, -0.2) is 18.5 Å². The van der Waals surface area contributed by atoms with E-state index in [0.29, 0.717) is 0 Å². The highest BCUT2D eigenvalue weighted by Gasteiger charge is 2.28. The summed E-state index contributed by atoms with van der Waals surface area (Å²) in [5.74, 6) is 0. The molecular weight excluding hydrogens is 234 g/mol. The van der Waals surface area contributed by atoms with Gasteiger partial charge in [-0.15, -0.1) is 0 Å². The van der Waals surface area contributed by atoms with Gasteiger partial charge in [0.1, 0.15) is 6.23 Å². The molecule has 98 valence electrons. The summed E-state index contributed by atoms with van der Waals surface area (Å²) in [5.41, 5.74) is 2.50. The van der Waals surface area contributed by atoms with Crippen LogP contribution < -0.4 is 0 Å². The summed E-state index contributed by atoms with van der Waals surface area (Å²) in [4.78, 5) is 2.27. The van der Waals surface area contributed by atoms with Crippen LogP contribution in [0.1, 0.15) is 29.9 Å². The minimum atomic E-state index is 0.0557. The quantitative estimate of drug-likeness (QED) is 0.807. The maximum absolute atomic E-state index is 6.30. The molecule has 0 aliphatic carbocycles. The number of benzene rings is 2. The minimum absolute atomic E-state index is 0.0557. The van der Waals surface area contributed by atoms with Gasteiger partial charge in [-0.25, -0.2) is 0 Å². The lowest BCUT2D eigenvalue weighted by molar-refractivity contribution is -0.136. The molecule has 2 nitrogen and oxygen atoms in total. The fourth-order valence-electron chi connectivity index (χ4n) is 2.63. The zero-order valence-electron chi connectivity index (χ0n) is 11.2. The van der Waals surface area contributed by atoms with E-state index in [2.05, 4.69) is 60.5 Å². The van der Waals surface area contributed by atoms with Gasteiger partial charge in [-0.2, -0.15) is 0 Å². The van der Waals surface area contributed by atoms with Crippen molar-refractivity contribution < 1.29 is 4.74 Å². The van der Waals surface area contributed by atoms with Crippen LogP contribution in [0.25, 0.3) is 0 Å². The standard InChI is InChI=1S/C17H19NO/c1-18-13-12-16(14-8-4-2-5-9-14)19-17(18)15-10-6-3-7-11-15/h2-11,16-17H,12-13H2,1H3/t16-,17-/m0/s1. The molecule has 1 heterocycles. The van der Waals surface area contributed by atoms with Gasteiger partial charge in [-0.1, -0.05) is 60.7 Å². The van der Waals surface area contributed by atoms with E-state index in [1.54, 1.807) is 0 Å². The van der Waals surface area contributed by atoms with E-state index in [0.717, 1.165) is 13.0 Å². The molecule has 2 aromatic carbocycles. The van der Waals surface area contributed by atoms with Crippen molar-refractivity contribution in [3.8, 4) is 0 Å². The second-order valence-electron chi connectivity index (χ2n) is 5.07. The second kappa shape index (κ2) is 5.55. The van der Waals surface area contributed by atoms with Crippen LogP contribution in [0.2, 0.25) is 0 Å². The van der Waals surface area contributed by atoms with Gasteiger partial charge in [0.15, 0.2) is 0 Å². The maximum Gasteiger partial charge on any atom is 0.137 e. The Morgan fingerprint density at radius 1 is 0.895 bits per heavy atom. The second-order valence-corrected chi connectivity index (χ2v) is 5.07. The van der Waals surface area contributed by atoms with Gasteiger partial charge < -0.3 is 4.74 Å². The lowest BCUT2D eigenvalue weighted by Gasteiger charge is -2.37. The molecule has 19 heavy (non-hydrogen) atoms. The topological polar surface area (TPSA) is 12.5 Å². The van der Waals surface area contributed by atoms with Crippen LogP contribution in [-0.2, 0) is 4.74 Å². The predicted octanol–water partition coefficient (Wildman–Crippen LogP) is 3.78. The largest absolute Gasteiger partial charge is 0.351 e. The van der Waals surface area contributed by atoms with Crippen molar-refractivity contribution in [3.63, 3.8) is 0 Å². The van der Waals surface area contributed by atoms with Crippen molar-refractivity contribution >= 4 is 0 Å². The van der Waals surface area contributed by atoms with Gasteiger partial charge in [0, 0.05) is 6.54 Å². The first-order valence-electron chi connectivity index (χ1n) is 6.80. The van der Waals surface area contributed by atoms with Crippen LogP contribution >= 0.6 is 0 Å².